The summed E-state index contributed by atoms with van der Waals surface area (Å²) in [5.41, 5.74) is -0.485. The van der Waals surface area contributed by atoms with E-state index in [2.05, 4.69) is 10.8 Å². The van der Waals surface area contributed by atoms with Gasteiger partial charge in [-0.1, -0.05) is 6.42 Å². The van der Waals surface area contributed by atoms with Gasteiger partial charge in [0.15, 0.2) is 0 Å². The number of nitrogens with one attached hydrogen (secondary N) is 1. The average molecular weight is 310 g/mol. The first-order valence-corrected chi connectivity index (χ1v) is 7.81. The van der Waals surface area contributed by atoms with Gasteiger partial charge in [-0.2, -0.15) is 5.26 Å². The molecular formula is C13H14N2O5S. The summed E-state index contributed by atoms with van der Waals surface area (Å²) in [6.07, 6.45) is 1.97. The summed E-state index contributed by atoms with van der Waals surface area (Å²) < 4.78 is 26.9. The second kappa shape index (κ2) is 5.71. The monoisotopic (exact) mass is 310 g/mol. The standard InChI is InChI=1S/C13H14N2O5S/c14-7-8-2-1-3-11(8)15-21(19,20)9-4-5-12(16)10(6-9)13(17)18/h4-6,8,11,15-16H,1-3H2,(H,17,18). The van der Waals surface area contributed by atoms with Crippen LogP contribution >= 0.6 is 0 Å². The molecule has 0 aromatic heterocycles. The third-order valence-corrected chi connectivity index (χ3v) is 4.98. The third-order valence-electron chi connectivity index (χ3n) is 3.50. The highest BCUT2D eigenvalue weighted by molar-refractivity contribution is 7.89. The lowest BCUT2D eigenvalue weighted by Crippen LogP contribution is -2.36. The molecule has 112 valence electrons. The third kappa shape index (κ3) is 3.15. The van der Waals surface area contributed by atoms with E-state index in [0.29, 0.717) is 12.8 Å². The Kier molecular flexibility index (Phi) is 4.16. The maximum atomic E-state index is 12.2. The predicted octanol–water partition coefficient (Wildman–Crippen LogP) is 1.06. The lowest BCUT2D eigenvalue weighted by Gasteiger charge is -2.16. The van der Waals surface area contributed by atoms with Crippen molar-refractivity contribution in [1.82, 2.24) is 4.72 Å². The summed E-state index contributed by atoms with van der Waals surface area (Å²) in [6, 6.07) is 4.64. The SMILES string of the molecule is N#CC1CCCC1NS(=O)(=O)c1ccc(O)c(C(=O)O)c1. The maximum absolute atomic E-state index is 12.2. The number of aromatic hydroxyl groups is 1. The molecule has 1 aromatic carbocycles. The minimum atomic E-state index is -3.94. The number of benzene rings is 1. The number of sulfonamides is 1. The van der Waals surface area contributed by atoms with Crippen molar-refractivity contribution < 1.29 is 23.4 Å². The van der Waals surface area contributed by atoms with Gasteiger partial charge in [0.05, 0.1) is 16.9 Å². The van der Waals surface area contributed by atoms with Crippen LogP contribution in [0, 0.1) is 17.2 Å². The van der Waals surface area contributed by atoms with Crippen molar-refractivity contribution in [2.45, 2.75) is 30.2 Å². The minimum Gasteiger partial charge on any atom is -0.507 e. The topological polar surface area (TPSA) is 127 Å². The van der Waals surface area contributed by atoms with Crippen molar-refractivity contribution in [3.63, 3.8) is 0 Å². The molecule has 2 atom stereocenters. The van der Waals surface area contributed by atoms with Gasteiger partial charge in [-0.25, -0.2) is 17.9 Å². The fourth-order valence-electron chi connectivity index (χ4n) is 2.38. The Morgan fingerprint density at radius 3 is 2.71 bits per heavy atom. The Balaban J connectivity index is 2.30. The molecule has 1 aromatic rings. The van der Waals surface area contributed by atoms with Crippen LogP contribution in [0.1, 0.15) is 29.6 Å². The Hall–Kier alpha value is -2.11. The van der Waals surface area contributed by atoms with Crippen LogP contribution in [0.3, 0.4) is 0 Å². The first-order valence-electron chi connectivity index (χ1n) is 6.33. The lowest BCUT2D eigenvalue weighted by atomic mass is 10.1. The van der Waals surface area contributed by atoms with E-state index in [4.69, 9.17) is 10.4 Å². The molecule has 2 rings (SSSR count). The number of carbonyl (C=O) groups is 1. The van der Waals surface area contributed by atoms with Gasteiger partial charge in [0.2, 0.25) is 10.0 Å². The Morgan fingerprint density at radius 2 is 2.10 bits per heavy atom. The van der Waals surface area contributed by atoms with E-state index < -0.39 is 33.3 Å². The number of aromatic carboxylic acids is 1. The maximum Gasteiger partial charge on any atom is 0.339 e. The molecule has 0 spiro atoms. The molecule has 7 nitrogen and oxygen atoms in total. The van der Waals surface area contributed by atoms with Gasteiger partial charge in [0.25, 0.3) is 0 Å². The molecule has 3 N–H and O–H groups in total. The molecule has 0 aliphatic heterocycles. The molecule has 0 heterocycles. The van der Waals surface area contributed by atoms with Gasteiger partial charge < -0.3 is 10.2 Å². The zero-order valence-corrected chi connectivity index (χ0v) is 11.8. The van der Waals surface area contributed by atoms with Crippen LogP contribution in [-0.2, 0) is 10.0 Å². The second-order valence-corrected chi connectivity index (χ2v) is 6.59. The molecule has 8 heteroatoms. The van der Waals surface area contributed by atoms with Gasteiger partial charge in [-0.15, -0.1) is 0 Å². The molecule has 1 aliphatic carbocycles. The van der Waals surface area contributed by atoms with E-state index in [1.807, 2.05) is 0 Å². The summed E-state index contributed by atoms with van der Waals surface area (Å²) in [4.78, 5) is 10.7. The highest BCUT2D eigenvalue weighted by Gasteiger charge is 2.31. The summed E-state index contributed by atoms with van der Waals surface area (Å²) in [5, 5.41) is 27.3. The number of carboxylic acid groups (broad SMARTS) is 1. The van der Waals surface area contributed by atoms with E-state index in [1.54, 1.807) is 0 Å². The summed E-state index contributed by atoms with van der Waals surface area (Å²) in [5.74, 6) is -2.30. The molecule has 2 unspecified atom stereocenters. The van der Waals surface area contributed by atoms with E-state index in [-0.39, 0.29) is 10.8 Å². The highest BCUT2D eigenvalue weighted by Crippen LogP contribution is 2.27. The lowest BCUT2D eigenvalue weighted by molar-refractivity contribution is 0.0693. The van der Waals surface area contributed by atoms with Crippen LogP contribution in [0.15, 0.2) is 23.1 Å². The molecule has 0 amide bonds. The van der Waals surface area contributed by atoms with Crippen molar-refractivity contribution in [2.24, 2.45) is 5.92 Å². The fraction of sp³-hybridized carbons (Fsp3) is 0.385. The number of hydrogen-bond acceptors (Lipinski definition) is 5. The van der Waals surface area contributed by atoms with Gasteiger partial charge in [-0.3, -0.25) is 0 Å². The van der Waals surface area contributed by atoms with Gasteiger partial charge in [-0.05, 0) is 31.0 Å². The summed E-state index contributed by atoms with van der Waals surface area (Å²) >= 11 is 0. The van der Waals surface area contributed by atoms with Crippen LogP contribution in [0.2, 0.25) is 0 Å². The van der Waals surface area contributed by atoms with Crippen LogP contribution in [0.25, 0.3) is 0 Å². The number of phenols is 1. The number of rotatable bonds is 4. The average Bonchev–Trinajstić information content (AvgIpc) is 2.85. The van der Waals surface area contributed by atoms with Crippen molar-refractivity contribution >= 4 is 16.0 Å². The molecule has 1 aliphatic rings. The van der Waals surface area contributed by atoms with Crippen molar-refractivity contribution in [3.8, 4) is 11.8 Å². The van der Waals surface area contributed by atoms with E-state index in [0.717, 1.165) is 24.6 Å². The molecule has 21 heavy (non-hydrogen) atoms. The van der Waals surface area contributed by atoms with E-state index in [9.17, 15) is 18.3 Å². The van der Waals surface area contributed by atoms with Crippen LogP contribution in [0.4, 0.5) is 0 Å². The highest BCUT2D eigenvalue weighted by atomic mass is 32.2. The van der Waals surface area contributed by atoms with E-state index >= 15 is 0 Å². The van der Waals surface area contributed by atoms with Crippen molar-refractivity contribution in [3.05, 3.63) is 23.8 Å². The smallest absolute Gasteiger partial charge is 0.339 e. The fourth-order valence-corrected chi connectivity index (χ4v) is 3.71. The largest absolute Gasteiger partial charge is 0.507 e. The molecule has 1 fully saturated rings. The van der Waals surface area contributed by atoms with Gasteiger partial charge in [0.1, 0.15) is 11.3 Å². The van der Waals surface area contributed by atoms with E-state index in [1.165, 1.54) is 0 Å². The van der Waals surface area contributed by atoms with Crippen LogP contribution in [0.5, 0.6) is 5.75 Å². The Labute approximate surface area is 121 Å². The summed E-state index contributed by atoms with van der Waals surface area (Å²) in [7, 11) is -3.94. The molecular weight excluding hydrogens is 296 g/mol. The van der Waals surface area contributed by atoms with Crippen LogP contribution < -0.4 is 4.72 Å². The number of nitrogens with zero attached hydrogens (tertiary/aromatic N) is 1. The van der Waals surface area contributed by atoms with Gasteiger partial charge in [0, 0.05) is 6.04 Å². The summed E-state index contributed by atoms with van der Waals surface area (Å²) in [6.45, 7) is 0. The molecule has 0 bridgehead atoms. The van der Waals surface area contributed by atoms with Crippen molar-refractivity contribution in [2.75, 3.05) is 0 Å². The van der Waals surface area contributed by atoms with Crippen LogP contribution in [-0.4, -0.2) is 30.6 Å². The Morgan fingerprint density at radius 1 is 1.38 bits per heavy atom. The van der Waals surface area contributed by atoms with Crippen molar-refractivity contribution in [1.29, 1.82) is 5.26 Å². The predicted molar refractivity (Wildman–Crippen MR) is 72.1 cm³/mol. The first-order chi connectivity index (χ1) is 9.85. The molecule has 0 radical (unpaired) electrons. The number of nitriles is 1. The molecule has 0 saturated heterocycles. The zero-order chi connectivity index (χ0) is 15.6. The Bertz CT molecular complexity index is 708. The zero-order valence-electron chi connectivity index (χ0n) is 11.0. The normalized spacial score (nSPS) is 21.9. The number of hydrogen-bond donors (Lipinski definition) is 3. The quantitative estimate of drug-likeness (QED) is 0.763. The second-order valence-electron chi connectivity index (χ2n) is 4.88. The minimum absolute atomic E-state index is 0.249. The number of carboxylic acids is 1. The first kappa shape index (κ1) is 15.3. The van der Waals surface area contributed by atoms with Gasteiger partial charge >= 0.3 is 5.97 Å². The molecule has 1 saturated carbocycles.